The first kappa shape index (κ1) is 15.5. The highest BCUT2D eigenvalue weighted by atomic mass is 16.5. The van der Waals surface area contributed by atoms with E-state index >= 15 is 0 Å². The lowest BCUT2D eigenvalue weighted by Crippen LogP contribution is -2.40. The molecule has 19 heavy (non-hydrogen) atoms. The van der Waals surface area contributed by atoms with Crippen LogP contribution >= 0.6 is 0 Å². The molecule has 0 aliphatic rings. The summed E-state index contributed by atoms with van der Waals surface area (Å²) in [5, 5.41) is 8.89. The number of ether oxygens (including phenoxy) is 1. The number of benzene rings is 1. The highest BCUT2D eigenvalue weighted by molar-refractivity contribution is 5.68. The van der Waals surface area contributed by atoms with E-state index in [1.807, 2.05) is 12.1 Å². The van der Waals surface area contributed by atoms with Gasteiger partial charge in [0.05, 0.1) is 13.5 Å². The molecule has 0 spiro atoms. The van der Waals surface area contributed by atoms with Crippen LogP contribution in [-0.4, -0.2) is 23.7 Å². The van der Waals surface area contributed by atoms with E-state index in [4.69, 9.17) is 15.6 Å². The highest BCUT2D eigenvalue weighted by Gasteiger charge is 2.24. The van der Waals surface area contributed by atoms with Crippen LogP contribution in [0.15, 0.2) is 18.2 Å². The number of carbonyl (C=O) groups is 1. The summed E-state index contributed by atoms with van der Waals surface area (Å²) in [4.78, 5) is 10.8. The van der Waals surface area contributed by atoms with Crippen LogP contribution in [0.1, 0.15) is 44.2 Å². The van der Waals surface area contributed by atoms with Crippen LogP contribution < -0.4 is 10.5 Å². The van der Waals surface area contributed by atoms with Crippen molar-refractivity contribution in [2.75, 3.05) is 7.11 Å². The zero-order chi connectivity index (χ0) is 14.6. The fourth-order valence-electron chi connectivity index (χ4n) is 2.14. The molecule has 4 heteroatoms. The third kappa shape index (κ3) is 4.56. The Balaban J connectivity index is 3.03. The minimum atomic E-state index is -0.885. The fraction of sp³-hybridized carbons (Fsp3) is 0.533. The first-order chi connectivity index (χ1) is 8.75. The second-order valence-corrected chi connectivity index (χ2v) is 5.63. The molecule has 0 aliphatic carbocycles. The van der Waals surface area contributed by atoms with E-state index in [9.17, 15) is 4.79 Å². The third-order valence-electron chi connectivity index (χ3n) is 3.12. The molecule has 1 rings (SSSR count). The molecule has 0 heterocycles. The average molecular weight is 265 g/mol. The van der Waals surface area contributed by atoms with E-state index < -0.39 is 11.5 Å². The Morgan fingerprint density at radius 2 is 2.11 bits per heavy atom. The van der Waals surface area contributed by atoms with E-state index in [-0.39, 0.29) is 6.42 Å². The topological polar surface area (TPSA) is 72.5 Å². The summed E-state index contributed by atoms with van der Waals surface area (Å²) in [7, 11) is 1.61. The van der Waals surface area contributed by atoms with Gasteiger partial charge in [0.2, 0.25) is 0 Å². The molecule has 1 aromatic carbocycles. The number of methoxy groups -OCH3 is 1. The highest BCUT2D eigenvalue weighted by Crippen LogP contribution is 2.27. The van der Waals surface area contributed by atoms with Gasteiger partial charge in [-0.05, 0) is 36.5 Å². The largest absolute Gasteiger partial charge is 0.496 e. The van der Waals surface area contributed by atoms with Gasteiger partial charge in [-0.15, -0.1) is 0 Å². The summed E-state index contributed by atoms with van der Waals surface area (Å²) in [6.45, 7) is 5.98. The molecule has 0 saturated heterocycles. The number of nitrogens with two attached hydrogens (primary N) is 1. The van der Waals surface area contributed by atoms with Gasteiger partial charge in [0.25, 0.3) is 0 Å². The predicted octanol–water partition coefficient (Wildman–Crippen LogP) is 2.55. The second-order valence-electron chi connectivity index (χ2n) is 5.63. The molecule has 3 N–H and O–H groups in total. The normalized spacial score (nSPS) is 14.2. The standard InChI is InChI=1S/C15H23NO3/c1-10(2)11-5-6-13(19-4)12(7-11)8-15(3,16)9-14(17)18/h5-7,10H,8-9,16H2,1-4H3,(H,17,18). The summed E-state index contributed by atoms with van der Waals surface area (Å²) in [5.74, 6) is 0.281. The van der Waals surface area contributed by atoms with Gasteiger partial charge in [0.15, 0.2) is 0 Å². The smallest absolute Gasteiger partial charge is 0.305 e. The van der Waals surface area contributed by atoms with E-state index in [1.54, 1.807) is 14.0 Å². The lowest BCUT2D eigenvalue weighted by Gasteiger charge is -2.24. The average Bonchev–Trinajstić information content (AvgIpc) is 2.26. The van der Waals surface area contributed by atoms with Gasteiger partial charge in [-0.3, -0.25) is 4.79 Å². The lowest BCUT2D eigenvalue weighted by atomic mass is 9.88. The van der Waals surface area contributed by atoms with E-state index in [2.05, 4.69) is 19.9 Å². The van der Waals surface area contributed by atoms with Gasteiger partial charge < -0.3 is 15.6 Å². The first-order valence-corrected chi connectivity index (χ1v) is 6.42. The maximum atomic E-state index is 10.8. The molecular formula is C15H23NO3. The van der Waals surface area contributed by atoms with Crippen LogP contribution in [0.3, 0.4) is 0 Å². The van der Waals surface area contributed by atoms with Gasteiger partial charge >= 0.3 is 5.97 Å². The molecule has 0 saturated carbocycles. The van der Waals surface area contributed by atoms with Crippen molar-refractivity contribution in [3.05, 3.63) is 29.3 Å². The van der Waals surface area contributed by atoms with Crippen LogP contribution in [0, 0.1) is 0 Å². The summed E-state index contributed by atoms with van der Waals surface area (Å²) >= 11 is 0. The summed E-state index contributed by atoms with van der Waals surface area (Å²) < 4.78 is 5.33. The minimum absolute atomic E-state index is 0.0674. The van der Waals surface area contributed by atoms with Gasteiger partial charge in [0, 0.05) is 5.54 Å². The van der Waals surface area contributed by atoms with Crippen LogP contribution in [0.25, 0.3) is 0 Å². The molecule has 0 amide bonds. The van der Waals surface area contributed by atoms with Crippen LogP contribution in [0.4, 0.5) is 0 Å². The number of hydrogen-bond acceptors (Lipinski definition) is 3. The fourth-order valence-corrected chi connectivity index (χ4v) is 2.14. The maximum absolute atomic E-state index is 10.8. The Hall–Kier alpha value is -1.55. The van der Waals surface area contributed by atoms with Crippen molar-refractivity contribution >= 4 is 5.97 Å². The van der Waals surface area contributed by atoms with Crippen LogP contribution in [-0.2, 0) is 11.2 Å². The number of hydrogen-bond donors (Lipinski definition) is 2. The van der Waals surface area contributed by atoms with E-state index in [0.717, 1.165) is 11.3 Å². The Bertz CT molecular complexity index is 453. The molecule has 0 fully saturated rings. The Morgan fingerprint density at radius 3 is 2.58 bits per heavy atom. The van der Waals surface area contributed by atoms with E-state index in [1.165, 1.54) is 5.56 Å². The van der Waals surface area contributed by atoms with Gasteiger partial charge in [-0.2, -0.15) is 0 Å². The molecule has 0 radical (unpaired) electrons. The molecule has 0 aliphatic heterocycles. The number of carboxylic acid groups (broad SMARTS) is 1. The lowest BCUT2D eigenvalue weighted by molar-refractivity contribution is -0.138. The molecule has 1 aromatic rings. The van der Waals surface area contributed by atoms with Crippen molar-refractivity contribution in [1.82, 2.24) is 0 Å². The summed E-state index contributed by atoms with van der Waals surface area (Å²) in [6, 6.07) is 6.00. The monoisotopic (exact) mass is 265 g/mol. The molecule has 4 nitrogen and oxygen atoms in total. The summed E-state index contributed by atoms with van der Waals surface area (Å²) in [5.41, 5.74) is 7.43. The van der Waals surface area contributed by atoms with E-state index in [0.29, 0.717) is 12.3 Å². The quantitative estimate of drug-likeness (QED) is 0.829. The van der Waals surface area contributed by atoms with Crippen molar-refractivity contribution in [1.29, 1.82) is 0 Å². The van der Waals surface area contributed by atoms with Crippen molar-refractivity contribution in [2.45, 2.75) is 45.1 Å². The van der Waals surface area contributed by atoms with Crippen LogP contribution in [0.5, 0.6) is 5.75 Å². The molecule has 0 bridgehead atoms. The molecule has 1 atom stereocenters. The first-order valence-electron chi connectivity index (χ1n) is 6.42. The molecule has 106 valence electrons. The third-order valence-corrected chi connectivity index (χ3v) is 3.12. The van der Waals surface area contributed by atoms with Crippen molar-refractivity contribution in [2.24, 2.45) is 5.73 Å². The van der Waals surface area contributed by atoms with Crippen molar-refractivity contribution in [3.8, 4) is 5.75 Å². The van der Waals surface area contributed by atoms with Crippen LogP contribution in [0.2, 0.25) is 0 Å². The Labute approximate surface area is 114 Å². The van der Waals surface area contributed by atoms with Crippen molar-refractivity contribution in [3.63, 3.8) is 0 Å². The number of carboxylic acids is 1. The zero-order valence-electron chi connectivity index (χ0n) is 12.1. The minimum Gasteiger partial charge on any atom is -0.496 e. The van der Waals surface area contributed by atoms with Gasteiger partial charge in [0.1, 0.15) is 5.75 Å². The number of aliphatic carboxylic acids is 1. The maximum Gasteiger partial charge on any atom is 0.305 e. The number of rotatable bonds is 6. The SMILES string of the molecule is COc1ccc(C(C)C)cc1CC(C)(N)CC(=O)O. The van der Waals surface area contributed by atoms with Gasteiger partial charge in [-0.1, -0.05) is 26.0 Å². The second kappa shape index (κ2) is 6.06. The molecular weight excluding hydrogens is 242 g/mol. The predicted molar refractivity (Wildman–Crippen MR) is 75.6 cm³/mol. The van der Waals surface area contributed by atoms with Crippen molar-refractivity contribution < 1.29 is 14.6 Å². The zero-order valence-corrected chi connectivity index (χ0v) is 12.1. The Kier molecular flexibility index (Phi) is 4.95. The summed E-state index contributed by atoms with van der Waals surface area (Å²) in [6.07, 6.45) is 0.408. The van der Waals surface area contributed by atoms with Gasteiger partial charge in [-0.25, -0.2) is 0 Å². The molecule has 0 aromatic heterocycles. The molecule has 1 unspecified atom stereocenters. The Morgan fingerprint density at radius 1 is 1.47 bits per heavy atom.